The molecule has 1 aliphatic rings. The van der Waals surface area contributed by atoms with Gasteiger partial charge in [0, 0.05) is 0 Å². The van der Waals surface area contributed by atoms with Crippen LogP contribution in [0.1, 0.15) is 57.7 Å². The summed E-state index contributed by atoms with van der Waals surface area (Å²) in [6.45, 7) is 7.75. The maximum Gasteiger partial charge on any atom is 0.408 e. The lowest BCUT2D eigenvalue weighted by atomic mass is 9.98. The minimum absolute atomic E-state index is 0.191. The molecule has 0 saturated heterocycles. The van der Waals surface area contributed by atoms with E-state index in [0.717, 1.165) is 24.8 Å². The fraction of sp³-hybridized carbons (Fsp3) is 0.417. The first-order valence-corrected chi connectivity index (χ1v) is 10.5. The number of carbonyl (C=O) groups is 1. The van der Waals surface area contributed by atoms with Gasteiger partial charge in [-0.25, -0.2) is 9.79 Å². The number of hydrogen-bond donors (Lipinski definition) is 2. The van der Waals surface area contributed by atoms with E-state index in [1.807, 2.05) is 64.1 Å². The number of benzene rings is 2. The molecule has 0 fully saturated rings. The molecule has 2 unspecified atom stereocenters. The number of aliphatic imine (C=N–C) groups is 1. The number of rotatable bonds is 7. The molecule has 0 aliphatic carbocycles. The first-order chi connectivity index (χ1) is 14.3. The number of nitrogens with one attached hydrogen (secondary N) is 1. The molecule has 0 bridgehead atoms. The van der Waals surface area contributed by atoms with Crippen molar-refractivity contribution >= 4 is 17.6 Å². The van der Waals surface area contributed by atoms with Gasteiger partial charge in [0.25, 0.3) is 0 Å². The molecule has 2 aromatic rings. The largest absolute Gasteiger partial charge is 0.481 e. The van der Waals surface area contributed by atoms with Gasteiger partial charge in [-0.3, -0.25) is 0 Å². The van der Waals surface area contributed by atoms with Crippen LogP contribution >= 0.6 is 0 Å². The van der Waals surface area contributed by atoms with Crippen molar-refractivity contribution in [2.24, 2.45) is 10.7 Å². The Morgan fingerprint density at radius 3 is 2.70 bits per heavy atom. The molecule has 0 aromatic heterocycles. The number of carbonyl (C=O) groups excluding carboxylic acids is 1. The maximum absolute atomic E-state index is 12.6. The summed E-state index contributed by atoms with van der Waals surface area (Å²) in [5.74, 6) is 1.14. The zero-order valence-corrected chi connectivity index (χ0v) is 18.1. The number of nitrogens with zero attached hydrogens (tertiary/aromatic N) is 1. The lowest BCUT2D eigenvalue weighted by Gasteiger charge is -2.27. The van der Waals surface area contributed by atoms with Crippen molar-refractivity contribution in [1.29, 1.82) is 0 Å². The van der Waals surface area contributed by atoms with E-state index in [9.17, 15) is 4.79 Å². The average Bonchev–Trinajstić information content (AvgIpc) is 2.71. The molecule has 1 heterocycles. The fourth-order valence-electron chi connectivity index (χ4n) is 3.40. The second-order valence-electron chi connectivity index (χ2n) is 8.26. The third-order valence-corrected chi connectivity index (χ3v) is 5.28. The molecule has 3 rings (SSSR count). The van der Waals surface area contributed by atoms with Gasteiger partial charge in [0.1, 0.15) is 22.9 Å². The van der Waals surface area contributed by atoms with E-state index in [4.69, 9.17) is 15.2 Å². The molecule has 3 N–H and O–H groups in total. The van der Waals surface area contributed by atoms with Gasteiger partial charge in [0.15, 0.2) is 6.10 Å². The molecule has 2 atom stereocenters. The highest BCUT2D eigenvalue weighted by Gasteiger charge is 2.25. The first kappa shape index (κ1) is 21.7. The highest BCUT2D eigenvalue weighted by Crippen LogP contribution is 2.35. The zero-order valence-electron chi connectivity index (χ0n) is 18.1. The van der Waals surface area contributed by atoms with Gasteiger partial charge in [-0.15, -0.1) is 0 Å². The van der Waals surface area contributed by atoms with Gasteiger partial charge < -0.3 is 20.5 Å². The highest BCUT2D eigenvalue weighted by atomic mass is 16.6. The fourth-order valence-corrected chi connectivity index (χ4v) is 3.40. The van der Waals surface area contributed by atoms with Crippen LogP contribution in [0.25, 0.3) is 0 Å². The Balaban J connectivity index is 1.62. The van der Waals surface area contributed by atoms with Crippen LogP contribution in [0, 0.1) is 0 Å². The van der Waals surface area contributed by atoms with Crippen LogP contribution in [0.3, 0.4) is 0 Å². The summed E-state index contributed by atoms with van der Waals surface area (Å²) in [4.78, 5) is 17.0. The Hall–Kier alpha value is -3.02. The Morgan fingerprint density at radius 1 is 1.27 bits per heavy atom. The summed E-state index contributed by atoms with van der Waals surface area (Å²) in [5.41, 5.74) is 8.18. The summed E-state index contributed by atoms with van der Waals surface area (Å²) in [6.07, 6.45) is 1.64. The third-order valence-electron chi connectivity index (χ3n) is 5.28. The number of nitrogens with two attached hydrogens (primary N) is 1. The number of hydrogen-bond acceptors (Lipinski definition) is 5. The molecular weight excluding hydrogens is 378 g/mol. The van der Waals surface area contributed by atoms with Crippen LogP contribution in [0.5, 0.6) is 5.75 Å². The number of amides is 1. The van der Waals surface area contributed by atoms with Crippen molar-refractivity contribution in [3.63, 3.8) is 0 Å². The molecule has 0 spiro atoms. The summed E-state index contributed by atoms with van der Waals surface area (Å²) in [7, 11) is 0. The third kappa shape index (κ3) is 5.53. The summed E-state index contributed by atoms with van der Waals surface area (Å²) < 4.78 is 11.5. The summed E-state index contributed by atoms with van der Waals surface area (Å²) >= 11 is 0. The van der Waals surface area contributed by atoms with Crippen molar-refractivity contribution in [2.75, 3.05) is 0 Å². The lowest BCUT2D eigenvalue weighted by molar-refractivity contribution is 0.0308. The van der Waals surface area contributed by atoms with Gasteiger partial charge in [0.2, 0.25) is 0 Å². The second-order valence-corrected chi connectivity index (χ2v) is 8.26. The van der Waals surface area contributed by atoms with Crippen molar-refractivity contribution < 1.29 is 14.3 Å². The molecule has 2 aromatic carbocycles. The summed E-state index contributed by atoms with van der Waals surface area (Å²) in [5, 5.41) is 2.98. The molecular formula is C24H31N3O3. The normalized spacial score (nSPS) is 16.7. The van der Waals surface area contributed by atoms with Gasteiger partial charge in [-0.05, 0) is 63.3 Å². The first-order valence-electron chi connectivity index (χ1n) is 10.5. The van der Waals surface area contributed by atoms with E-state index in [2.05, 4.69) is 22.4 Å². The monoisotopic (exact) mass is 409 g/mol. The summed E-state index contributed by atoms with van der Waals surface area (Å²) in [6, 6.07) is 15.7. The van der Waals surface area contributed by atoms with Crippen LogP contribution in [0.4, 0.5) is 10.5 Å². The Labute approximate surface area is 178 Å². The van der Waals surface area contributed by atoms with Gasteiger partial charge in [-0.2, -0.15) is 0 Å². The smallest absolute Gasteiger partial charge is 0.408 e. The van der Waals surface area contributed by atoms with Crippen LogP contribution in [-0.2, 0) is 11.2 Å². The molecule has 6 nitrogen and oxygen atoms in total. The number of ether oxygens (including phenoxy) is 2. The van der Waals surface area contributed by atoms with Crippen LogP contribution in [0.15, 0.2) is 53.5 Å². The molecule has 30 heavy (non-hydrogen) atoms. The second kappa shape index (κ2) is 9.20. The van der Waals surface area contributed by atoms with Gasteiger partial charge in [-0.1, -0.05) is 43.3 Å². The van der Waals surface area contributed by atoms with Crippen molar-refractivity contribution in [1.82, 2.24) is 5.32 Å². The lowest BCUT2D eigenvalue weighted by Crippen LogP contribution is -2.37. The highest BCUT2D eigenvalue weighted by molar-refractivity contribution is 5.89. The number of fused-ring (bicyclic) bond motifs is 1. The minimum Gasteiger partial charge on any atom is -0.481 e. The molecule has 0 saturated carbocycles. The van der Waals surface area contributed by atoms with E-state index in [-0.39, 0.29) is 12.1 Å². The van der Waals surface area contributed by atoms with Crippen LogP contribution in [0.2, 0.25) is 0 Å². The van der Waals surface area contributed by atoms with E-state index >= 15 is 0 Å². The van der Waals surface area contributed by atoms with Crippen LogP contribution in [-0.4, -0.2) is 23.6 Å². The quantitative estimate of drug-likeness (QED) is 0.670. The molecule has 6 heteroatoms. The van der Waals surface area contributed by atoms with E-state index in [1.54, 1.807) is 0 Å². The van der Waals surface area contributed by atoms with Crippen molar-refractivity contribution in [3.05, 3.63) is 59.7 Å². The predicted molar refractivity (Wildman–Crippen MR) is 119 cm³/mol. The zero-order chi connectivity index (χ0) is 21.7. The van der Waals surface area contributed by atoms with Gasteiger partial charge in [0.05, 0.1) is 6.04 Å². The molecule has 160 valence electrons. The SMILES string of the molecule is CCC(NC(=O)OC(C)(C)CCc1ccccc1)c1ccc2c(c1)N=C(N)C(C)O2. The van der Waals surface area contributed by atoms with Gasteiger partial charge >= 0.3 is 6.09 Å². The topological polar surface area (TPSA) is 85.9 Å². The number of aryl methyl sites for hydroxylation is 1. The Bertz CT molecular complexity index is 909. The standard InChI is InChI=1S/C24H31N3O3/c1-5-19(18-11-12-21-20(15-18)26-22(25)16(2)29-21)27-23(28)30-24(3,4)14-13-17-9-7-6-8-10-17/h6-12,15-16,19H,5,13-14H2,1-4H3,(H2,25,26)(H,27,28). The number of amidine groups is 1. The van der Waals surface area contributed by atoms with Crippen molar-refractivity contribution in [2.45, 2.75) is 64.7 Å². The Morgan fingerprint density at radius 2 is 2.00 bits per heavy atom. The molecule has 0 radical (unpaired) electrons. The van der Waals surface area contributed by atoms with E-state index in [1.165, 1.54) is 5.56 Å². The van der Waals surface area contributed by atoms with Crippen LogP contribution < -0.4 is 15.8 Å². The minimum atomic E-state index is -0.573. The number of alkyl carbamates (subject to hydrolysis) is 1. The maximum atomic E-state index is 12.6. The molecule has 1 aliphatic heterocycles. The predicted octanol–water partition coefficient (Wildman–Crippen LogP) is 5.04. The van der Waals surface area contributed by atoms with E-state index in [0.29, 0.717) is 17.3 Å². The van der Waals surface area contributed by atoms with Crippen molar-refractivity contribution in [3.8, 4) is 5.75 Å². The molecule has 1 amide bonds. The Kier molecular flexibility index (Phi) is 6.65. The van der Waals surface area contributed by atoms with E-state index < -0.39 is 11.7 Å². The average molecular weight is 410 g/mol.